The molecule has 2 rings (SSSR count). The first-order valence-corrected chi connectivity index (χ1v) is 7.86. The van der Waals surface area contributed by atoms with E-state index in [9.17, 15) is 4.79 Å². The van der Waals surface area contributed by atoms with E-state index in [2.05, 4.69) is 15.5 Å². The quantitative estimate of drug-likeness (QED) is 0.810. The van der Waals surface area contributed by atoms with Gasteiger partial charge in [0.2, 0.25) is 17.7 Å². The van der Waals surface area contributed by atoms with Crippen LogP contribution in [0.3, 0.4) is 0 Å². The van der Waals surface area contributed by atoms with Gasteiger partial charge in [-0.3, -0.25) is 4.79 Å². The molecule has 0 bridgehead atoms. The van der Waals surface area contributed by atoms with Crippen molar-refractivity contribution >= 4 is 17.5 Å². The summed E-state index contributed by atoms with van der Waals surface area (Å²) < 4.78 is 5.55. The number of halogens is 1. The van der Waals surface area contributed by atoms with Gasteiger partial charge in [0.05, 0.1) is 0 Å². The smallest absolute Gasteiger partial charge is 0.247 e. The van der Waals surface area contributed by atoms with Gasteiger partial charge in [-0.25, -0.2) is 0 Å². The standard InChI is InChI=1S/C16H20ClN3O3/c1-10(9-21)11(2)18-14(22)7-8-15-19-20-16(23-15)12-3-5-13(17)6-4-12/h3-6,10-11,21H,7-9H2,1-2H3,(H,18,22). The minimum atomic E-state index is -0.107. The van der Waals surface area contributed by atoms with E-state index in [0.29, 0.717) is 23.2 Å². The number of aliphatic hydroxyl groups is 1. The van der Waals surface area contributed by atoms with Gasteiger partial charge in [0, 0.05) is 36.1 Å². The Morgan fingerprint density at radius 1 is 1.30 bits per heavy atom. The van der Waals surface area contributed by atoms with Crippen LogP contribution >= 0.6 is 11.6 Å². The Hall–Kier alpha value is -1.92. The second kappa shape index (κ2) is 8.08. The molecular formula is C16H20ClN3O3. The van der Waals surface area contributed by atoms with Crippen molar-refractivity contribution in [2.24, 2.45) is 5.92 Å². The number of hydrogen-bond acceptors (Lipinski definition) is 5. The van der Waals surface area contributed by atoms with Crippen LogP contribution in [0, 0.1) is 5.92 Å². The highest BCUT2D eigenvalue weighted by Crippen LogP contribution is 2.20. The molecule has 0 radical (unpaired) electrons. The van der Waals surface area contributed by atoms with E-state index in [1.807, 2.05) is 13.8 Å². The third kappa shape index (κ3) is 5.04. The molecule has 0 aliphatic carbocycles. The molecular weight excluding hydrogens is 318 g/mol. The van der Waals surface area contributed by atoms with Gasteiger partial charge in [0.15, 0.2) is 0 Å². The Morgan fingerprint density at radius 3 is 2.65 bits per heavy atom. The maximum Gasteiger partial charge on any atom is 0.247 e. The van der Waals surface area contributed by atoms with Gasteiger partial charge in [-0.1, -0.05) is 18.5 Å². The average Bonchev–Trinajstić information content (AvgIpc) is 3.01. The molecule has 1 aromatic heterocycles. The lowest BCUT2D eigenvalue weighted by Gasteiger charge is -2.18. The molecule has 23 heavy (non-hydrogen) atoms. The zero-order valence-electron chi connectivity index (χ0n) is 13.1. The Labute approximate surface area is 139 Å². The molecule has 0 spiro atoms. The Kier molecular flexibility index (Phi) is 6.12. The Bertz CT molecular complexity index is 642. The fraction of sp³-hybridized carbons (Fsp3) is 0.438. The van der Waals surface area contributed by atoms with Gasteiger partial charge in [-0.2, -0.15) is 0 Å². The van der Waals surface area contributed by atoms with E-state index in [4.69, 9.17) is 21.1 Å². The number of rotatable bonds is 7. The maximum atomic E-state index is 11.9. The van der Waals surface area contributed by atoms with Crippen molar-refractivity contribution in [2.45, 2.75) is 32.7 Å². The number of aliphatic hydroxyl groups excluding tert-OH is 1. The molecule has 1 heterocycles. The second-order valence-corrected chi connectivity index (χ2v) is 5.96. The molecule has 0 aliphatic rings. The Morgan fingerprint density at radius 2 is 2.00 bits per heavy atom. The van der Waals surface area contributed by atoms with Crippen LogP contribution in [0.15, 0.2) is 28.7 Å². The van der Waals surface area contributed by atoms with Gasteiger partial charge >= 0.3 is 0 Å². The fourth-order valence-corrected chi connectivity index (χ4v) is 2.04. The molecule has 2 N–H and O–H groups in total. The topological polar surface area (TPSA) is 88.2 Å². The third-order valence-corrected chi connectivity index (χ3v) is 3.91. The van der Waals surface area contributed by atoms with Gasteiger partial charge in [0.25, 0.3) is 0 Å². The maximum absolute atomic E-state index is 11.9. The second-order valence-electron chi connectivity index (χ2n) is 5.52. The number of nitrogens with zero attached hydrogens (tertiary/aromatic N) is 2. The van der Waals surface area contributed by atoms with Crippen LogP contribution in [0.2, 0.25) is 5.02 Å². The molecule has 2 aromatic rings. The minimum Gasteiger partial charge on any atom is -0.421 e. The van der Waals surface area contributed by atoms with E-state index >= 15 is 0 Å². The van der Waals surface area contributed by atoms with Crippen molar-refractivity contribution < 1.29 is 14.3 Å². The molecule has 7 heteroatoms. The van der Waals surface area contributed by atoms with Crippen molar-refractivity contribution in [3.63, 3.8) is 0 Å². The molecule has 2 unspecified atom stereocenters. The summed E-state index contributed by atoms with van der Waals surface area (Å²) in [6.07, 6.45) is 0.622. The van der Waals surface area contributed by atoms with Gasteiger partial charge in [-0.05, 0) is 37.1 Å². The lowest BCUT2D eigenvalue weighted by Crippen LogP contribution is -2.38. The monoisotopic (exact) mass is 337 g/mol. The number of aromatic nitrogens is 2. The van der Waals surface area contributed by atoms with E-state index in [1.54, 1.807) is 24.3 Å². The number of aryl methyl sites for hydroxylation is 1. The van der Waals surface area contributed by atoms with E-state index < -0.39 is 0 Å². The van der Waals surface area contributed by atoms with Crippen LogP contribution in [-0.4, -0.2) is 33.9 Å². The number of carbonyl (C=O) groups is 1. The first-order chi connectivity index (χ1) is 11.0. The molecule has 1 amide bonds. The summed E-state index contributed by atoms with van der Waals surface area (Å²) in [7, 11) is 0. The van der Waals surface area contributed by atoms with Crippen molar-refractivity contribution in [1.82, 2.24) is 15.5 Å². The van der Waals surface area contributed by atoms with E-state index in [-0.39, 0.29) is 30.9 Å². The SMILES string of the molecule is CC(CO)C(C)NC(=O)CCc1nnc(-c2ccc(Cl)cc2)o1. The molecule has 0 saturated carbocycles. The molecule has 0 fully saturated rings. The van der Waals surface area contributed by atoms with Gasteiger partial charge in [-0.15, -0.1) is 10.2 Å². The van der Waals surface area contributed by atoms with Crippen LogP contribution in [0.4, 0.5) is 0 Å². The highest BCUT2D eigenvalue weighted by Gasteiger charge is 2.15. The molecule has 6 nitrogen and oxygen atoms in total. The summed E-state index contributed by atoms with van der Waals surface area (Å²) in [5.74, 6) is 0.718. The fourth-order valence-electron chi connectivity index (χ4n) is 1.91. The molecule has 1 aromatic carbocycles. The van der Waals surface area contributed by atoms with Crippen LogP contribution < -0.4 is 5.32 Å². The highest BCUT2D eigenvalue weighted by atomic mass is 35.5. The Balaban J connectivity index is 1.87. The zero-order chi connectivity index (χ0) is 16.8. The molecule has 2 atom stereocenters. The lowest BCUT2D eigenvalue weighted by molar-refractivity contribution is -0.122. The van der Waals surface area contributed by atoms with Crippen LogP contribution in [0.1, 0.15) is 26.2 Å². The molecule has 124 valence electrons. The number of amides is 1. The van der Waals surface area contributed by atoms with Crippen LogP contribution in [-0.2, 0) is 11.2 Å². The van der Waals surface area contributed by atoms with Crippen molar-refractivity contribution in [3.05, 3.63) is 35.2 Å². The third-order valence-electron chi connectivity index (χ3n) is 3.65. The summed E-state index contributed by atoms with van der Waals surface area (Å²) in [4.78, 5) is 11.9. The predicted molar refractivity (Wildman–Crippen MR) is 86.9 cm³/mol. The number of benzene rings is 1. The van der Waals surface area contributed by atoms with Crippen molar-refractivity contribution in [3.8, 4) is 11.5 Å². The van der Waals surface area contributed by atoms with Gasteiger partial charge < -0.3 is 14.8 Å². The summed E-state index contributed by atoms with van der Waals surface area (Å²) in [6, 6.07) is 7.00. The average molecular weight is 338 g/mol. The first kappa shape index (κ1) is 17.4. The number of nitrogens with one attached hydrogen (secondary N) is 1. The van der Waals surface area contributed by atoms with Crippen molar-refractivity contribution in [1.29, 1.82) is 0 Å². The highest BCUT2D eigenvalue weighted by molar-refractivity contribution is 6.30. The zero-order valence-corrected chi connectivity index (χ0v) is 13.9. The first-order valence-electron chi connectivity index (χ1n) is 7.48. The number of hydrogen-bond donors (Lipinski definition) is 2. The normalized spacial score (nSPS) is 13.6. The number of carbonyl (C=O) groups excluding carboxylic acids is 1. The van der Waals surface area contributed by atoms with Crippen molar-refractivity contribution in [2.75, 3.05) is 6.61 Å². The lowest BCUT2D eigenvalue weighted by atomic mass is 10.1. The minimum absolute atomic E-state index is 0.0128. The van der Waals surface area contributed by atoms with E-state index in [0.717, 1.165) is 5.56 Å². The summed E-state index contributed by atoms with van der Waals surface area (Å²) in [6.45, 7) is 3.78. The van der Waals surface area contributed by atoms with Crippen LogP contribution in [0.5, 0.6) is 0 Å². The molecule has 0 aliphatic heterocycles. The van der Waals surface area contributed by atoms with E-state index in [1.165, 1.54) is 0 Å². The summed E-state index contributed by atoms with van der Waals surface area (Å²) in [5.41, 5.74) is 0.781. The predicted octanol–water partition coefficient (Wildman–Crippen LogP) is 2.46. The largest absolute Gasteiger partial charge is 0.421 e. The van der Waals surface area contributed by atoms with Gasteiger partial charge in [0.1, 0.15) is 0 Å². The summed E-state index contributed by atoms with van der Waals surface area (Å²) in [5, 5.41) is 20.5. The van der Waals surface area contributed by atoms with Crippen LogP contribution in [0.25, 0.3) is 11.5 Å². The molecule has 0 saturated heterocycles. The summed E-state index contributed by atoms with van der Waals surface area (Å²) >= 11 is 5.84.